The summed E-state index contributed by atoms with van der Waals surface area (Å²) in [7, 11) is 0. The van der Waals surface area contributed by atoms with Crippen LogP contribution < -0.4 is 5.32 Å². The molecule has 0 aromatic rings. The van der Waals surface area contributed by atoms with Gasteiger partial charge in [-0.15, -0.1) is 0 Å². The standard InChI is InChI=1S/C7H17NO/c1-5-6(9)8-7(2,3)4/h6,8-9H,5H2,1-4H3. The van der Waals surface area contributed by atoms with E-state index in [2.05, 4.69) is 5.32 Å². The molecule has 0 fully saturated rings. The molecule has 0 spiro atoms. The van der Waals surface area contributed by atoms with Crippen LogP contribution in [-0.2, 0) is 0 Å². The lowest BCUT2D eigenvalue weighted by atomic mass is 10.1. The Morgan fingerprint density at radius 3 is 2.00 bits per heavy atom. The van der Waals surface area contributed by atoms with Gasteiger partial charge in [-0.3, -0.25) is 5.32 Å². The fourth-order valence-corrected chi connectivity index (χ4v) is 0.602. The van der Waals surface area contributed by atoms with Crippen molar-refractivity contribution < 1.29 is 5.11 Å². The van der Waals surface area contributed by atoms with Gasteiger partial charge in [0.05, 0.1) is 0 Å². The minimum Gasteiger partial charge on any atom is -0.379 e. The molecular weight excluding hydrogens is 114 g/mol. The van der Waals surface area contributed by atoms with Crippen molar-refractivity contribution in [1.82, 2.24) is 5.32 Å². The van der Waals surface area contributed by atoms with Gasteiger partial charge >= 0.3 is 0 Å². The number of aliphatic hydroxyl groups excluding tert-OH is 1. The molecule has 0 saturated heterocycles. The van der Waals surface area contributed by atoms with Crippen molar-refractivity contribution in [2.45, 2.75) is 45.9 Å². The predicted molar refractivity (Wildman–Crippen MR) is 39.2 cm³/mol. The van der Waals surface area contributed by atoms with Crippen LogP contribution in [0.5, 0.6) is 0 Å². The smallest absolute Gasteiger partial charge is 0.105 e. The SMILES string of the molecule is CCC(O)NC(C)(C)C. The summed E-state index contributed by atoms with van der Waals surface area (Å²) in [6, 6.07) is 0. The van der Waals surface area contributed by atoms with Gasteiger partial charge in [-0.1, -0.05) is 6.92 Å². The fraction of sp³-hybridized carbons (Fsp3) is 1.00. The Kier molecular flexibility index (Phi) is 3.15. The minimum atomic E-state index is -0.356. The summed E-state index contributed by atoms with van der Waals surface area (Å²) in [5.41, 5.74) is 0.0232. The van der Waals surface area contributed by atoms with Crippen molar-refractivity contribution in [3.8, 4) is 0 Å². The van der Waals surface area contributed by atoms with E-state index in [4.69, 9.17) is 5.11 Å². The maximum atomic E-state index is 9.08. The van der Waals surface area contributed by atoms with E-state index in [9.17, 15) is 0 Å². The lowest BCUT2D eigenvalue weighted by Gasteiger charge is -2.23. The molecular formula is C7H17NO. The molecule has 1 unspecified atom stereocenters. The lowest BCUT2D eigenvalue weighted by molar-refractivity contribution is 0.102. The quantitative estimate of drug-likeness (QED) is 0.550. The Balaban J connectivity index is 3.47. The van der Waals surface area contributed by atoms with E-state index in [1.54, 1.807) is 0 Å². The summed E-state index contributed by atoms with van der Waals surface area (Å²) in [5.74, 6) is 0. The van der Waals surface area contributed by atoms with E-state index in [0.717, 1.165) is 6.42 Å². The Morgan fingerprint density at radius 2 is 1.89 bits per heavy atom. The zero-order valence-electron chi connectivity index (χ0n) is 6.73. The van der Waals surface area contributed by atoms with Gasteiger partial charge in [-0.25, -0.2) is 0 Å². The molecule has 0 aliphatic carbocycles. The highest BCUT2D eigenvalue weighted by Crippen LogP contribution is 2.00. The third-order valence-electron chi connectivity index (χ3n) is 0.986. The summed E-state index contributed by atoms with van der Waals surface area (Å²) in [4.78, 5) is 0. The molecule has 9 heavy (non-hydrogen) atoms. The summed E-state index contributed by atoms with van der Waals surface area (Å²) < 4.78 is 0. The van der Waals surface area contributed by atoms with Gasteiger partial charge in [-0.05, 0) is 27.2 Å². The first-order valence-corrected chi connectivity index (χ1v) is 3.41. The third-order valence-corrected chi connectivity index (χ3v) is 0.986. The largest absolute Gasteiger partial charge is 0.379 e. The van der Waals surface area contributed by atoms with Crippen LogP contribution in [0, 0.1) is 0 Å². The number of hydrogen-bond donors (Lipinski definition) is 2. The van der Waals surface area contributed by atoms with Crippen LogP contribution in [-0.4, -0.2) is 16.9 Å². The van der Waals surface area contributed by atoms with E-state index < -0.39 is 0 Å². The summed E-state index contributed by atoms with van der Waals surface area (Å²) in [6.07, 6.45) is 0.405. The highest BCUT2D eigenvalue weighted by atomic mass is 16.3. The molecule has 0 amide bonds. The Hall–Kier alpha value is -0.0800. The lowest BCUT2D eigenvalue weighted by Crippen LogP contribution is -2.43. The molecule has 0 radical (unpaired) electrons. The Morgan fingerprint density at radius 1 is 1.44 bits per heavy atom. The molecule has 0 aromatic carbocycles. The average molecular weight is 131 g/mol. The van der Waals surface area contributed by atoms with Crippen LogP contribution in [0.3, 0.4) is 0 Å². The second kappa shape index (κ2) is 3.18. The third kappa shape index (κ3) is 5.80. The van der Waals surface area contributed by atoms with Gasteiger partial charge in [0.25, 0.3) is 0 Å². The summed E-state index contributed by atoms with van der Waals surface area (Å²) >= 11 is 0. The number of nitrogens with one attached hydrogen (secondary N) is 1. The van der Waals surface area contributed by atoms with E-state index in [1.807, 2.05) is 27.7 Å². The number of rotatable bonds is 2. The minimum absolute atomic E-state index is 0.0232. The second-order valence-electron chi connectivity index (χ2n) is 3.32. The Bertz CT molecular complexity index is 75.5. The fourth-order valence-electron chi connectivity index (χ4n) is 0.602. The van der Waals surface area contributed by atoms with Crippen LogP contribution in [0.1, 0.15) is 34.1 Å². The monoisotopic (exact) mass is 131 g/mol. The summed E-state index contributed by atoms with van der Waals surface area (Å²) in [6.45, 7) is 8.05. The molecule has 0 heterocycles. The number of aliphatic hydroxyl groups is 1. The molecule has 0 aliphatic heterocycles. The molecule has 0 saturated carbocycles. The average Bonchev–Trinajstić information content (AvgIpc) is 1.62. The molecule has 0 aromatic heterocycles. The van der Waals surface area contributed by atoms with Gasteiger partial charge in [0.1, 0.15) is 6.23 Å². The zero-order chi connectivity index (χ0) is 7.49. The highest BCUT2D eigenvalue weighted by Gasteiger charge is 2.12. The van der Waals surface area contributed by atoms with E-state index in [0.29, 0.717) is 0 Å². The van der Waals surface area contributed by atoms with Gasteiger partial charge in [0, 0.05) is 5.54 Å². The van der Waals surface area contributed by atoms with E-state index in [1.165, 1.54) is 0 Å². The zero-order valence-corrected chi connectivity index (χ0v) is 6.73. The molecule has 56 valence electrons. The van der Waals surface area contributed by atoms with Gasteiger partial charge < -0.3 is 5.11 Å². The van der Waals surface area contributed by atoms with Crippen LogP contribution in [0.25, 0.3) is 0 Å². The molecule has 2 N–H and O–H groups in total. The number of hydrogen-bond acceptors (Lipinski definition) is 2. The van der Waals surface area contributed by atoms with E-state index in [-0.39, 0.29) is 11.8 Å². The van der Waals surface area contributed by atoms with Gasteiger partial charge in [-0.2, -0.15) is 0 Å². The normalized spacial score (nSPS) is 15.7. The topological polar surface area (TPSA) is 32.3 Å². The molecule has 0 rings (SSSR count). The highest BCUT2D eigenvalue weighted by molar-refractivity contribution is 4.71. The first kappa shape index (κ1) is 8.92. The van der Waals surface area contributed by atoms with Crippen LogP contribution in [0.2, 0.25) is 0 Å². The van der Waals surface area contributed by atoms with Crippen molar-refractivity contribution in [2.24, 2.45) is 0 Å². The molecule has 1 atom stereocenters. The van der Waals surface area contributed by atoms with E-state index >= 15 is 0 Å². The first-order chi connectivity index (χ1) is 3.95. The van der Waals surface area contributed by atoms with Crippen LogP contribution >= 0.6 is 0 Å². The maximum Gasteiger partial charge on any atom is 0.105 e. The summed E-state index contributed by atoms with van der Waals surface area (Å²) in [5, 5.41) is 12.1. The molecule has 2 nitrogen and oxygen atoms in total. The predicted octanol–water partition coefficient (Wildman–Crippen LogP) is 1.10. The molecule has 2 heteroatoms. The molecule has 0 bridgehead atoms. The van der Waals surface area contributed by atoms with Crippen LogP contribution in [0.15, 0.2) is 0 Å². The van der Waals surface area contributed by atoms with Gasteiger partial charge in [0.15, 0.2) is 0 Å². The van der Waals surface area contributed by atoms with Crippen LogP contribution in [0.4, 0.5) is 0 Å². The first-order valence-electron chi connectivity index (χ1n) is 3.41. The van der Waals surface area contributed by atoms with Crippen molar-refractivity contribution in [3.05, 3.63) is 0 Å². The second-order valence-corrected chi connectivity index (χ2v) is 3.32. The van der Waals surface area contributed by atoms with Crippen molar-refractivity contribution in [3.63, 3.8) is 0 Å². The van der Waals surface area contributed by atoms with Crippen molar-refractivity contribution in [1.29, 1.82) is 0 Å². The van der Waals surface area contributed by atoms with Crippen molar-refractivity contribution in [2.75, 3.05) is 0 Å². The molecule has 0 aliphatic rings. The van der Waals surface area contributed by atoms with Gasteiger partial charge in [0.2, 0.25) is 0 Å². The van der Waals surface area contributed by atoms with Crippen molar-refractivity contribution >= 4 is 0 Å². The maximum absolute atomic E-state index is 9.08. The Labute approximate surface area is 57.3 Å².